The quantitative estimate of drug-likeness (QED) is 0.817. The number of nitrogens with one attached hydrogen (secondary N) is 1. The molecule has 0 aliphatic heterocycles. The Kier molecular flexibility index (Phi) is 6.37. The van der Waals surface area contributed by atoms with Crippen molar-refractivity contribution >= 4 is 28.9 Å². The van der Waals surface area contributed by atoms with Gasteiger partial charge in [0.2, 0.25) is 11.8 Å². The van der Waals surface area contributed by atoms with E-state index in [1.54, 1.807) is 31.3 Å². The second kappa shape index (κ2) is 8.02. The molecule has 8 heteroatoms. The van der Waals surface area contributed by atoms with Gasteiger partial charge in [-0.25, -0.2) is 4.98 Å². The monoisotopic (exact) mass is 319 g/mol. The molecule has 0 saturated heterocycles. The van der Waals surface area contributed by atoms with Gasteiger partial charge < -0.3 is 20.7 Å². The minimum absolute atomic E-state index is 0.237. The van der Waals surface area contributed by atoms with E-state index in [9.17, 15) is 0 Å². The number of nitrogens with two attached hydrogens (primary N) is 1. The van der Waals surface area contributed by atoms with E-state index in [1.165, 1.54) is 4.52 Å². The van der Waals surface area contributed by atoms with Gasteiger partial charge in [0.1, 0.15) is 5.69 Å². The second-order valence-electron chi connectivity index (χ2n) is 4.24. The van der Waals surface area contributed by atoms with Gasteiger partial charge in [0, 0.05) is 14.1 Å². The number of rotatable bonds is 5. The standard InChI is InChI=1S/C13H19N7O.C2H6/c1-6-8(21-5)10-16-12-9(19(4)7-2)11(15-3)17-13(14)20(12)18-10;1-2/h6-7,15H,2H2,1,3-5H3,(H2,14,17);1-2H3/b8-6-;. The third-order valence-corrected chi connectivity index (χ3v) is 3.05. The van der Waals surface area contributed by atoms with Gasteiger partial charge in [-0.2, -0.15) is 9.50 Å². The zero-order valence-corrected chi connectivity index (χ0v) is 14.6. The average Bonchev–Trinajstić information content (AvgIpc) is 3.02. The summed E-state index contributed by atoms with van der Waals surface area (Å²) in [6, 6.07) is 0. The number of aromatic nitrogens is 4. The summed E-state index contributed by atoms with van der Waals surface area (Å²) in [4.78, 5) is 10.6. The Balaban J connectivity index is 0.00000127. The molecule has 0 radical (unpaired) electrons. The molecule has 3 N–H and O–H groups in total. The molecule has 2 rings (SSSR count). The third-order valence-electron chi connectivity index (χ3n) is 3.05. The summed E-state index contributed by atoms with van der Waals surface area (Å²) in [5.74, 6) is 1.85. The van der Waals surface area contributed by atoms with Gasteiger partial charge in [-0.15, -0.1) is 5.10 Å². The van der Waals surface area contributed by atoms with Crippen molar-refractivity contribution in [3.63, 3.8) is 0 Å². The van der Waals surface area contributed by atoms with Crippen LogP contribution in [0.4, 0.5) is 17.5 Å². The van der Waals surface area contributed by atoms with E-state index < -0.39 is 0 Å². The van der Waals surface area contributed by atoms with Crippen LogP contribution in [0.15, 0.2) is 18.9 Å². The summed E-state index contributed by atoms with van der Waals surface area (Å²) in [5, 5.41) is 7.35. The number of anilines is 3. The lowest BCUT2D eigenvalue weighted by molar-refractivity contribution is 0.365. The highest BCUT2D eigenvalue weighted by atomic mass is 16.5. The Morgan fingerprint density at radius 1 is 1.39 bits per heavy atom. The van der Waals surface area contributed by atoms with E-state index in [4.69, 9.17) is 10.5 Å². The minimum atomic E-state index is 0.237. The van der Waals surface area contributed by atoms with E-state index in [0.717, 1.165) is 5.69 Å². The highest BCUT2D eigenvalue weighted by Gasteiger charge is 2.20. The number of hydrogen-bond donors (Lipinski definition) is 2. The molecular weight excluding hydrogens is 294 g/mol. The Morgan fingerprint density at radius 2 is 2.04 bits per heavy atom. The lowest BCUT2D eigenvalue weighted by Crippen LogP contribution is -2.15. The maximum absolute atomic E-state index is 5.94. The summed E-state index contributed by atoms with van der Waals surface area (Å²) >= 11 is 0. The Morgan fingerprint density at radius 3 is 2.52 bits per heavy atom. The molecule has 0 fully saturated rings. The van der Waals surface area contributed by atoms with Crippen molar-refractivity contribution in [2.45, 2.75) is 20.8 Å². The zero-order chi connectivity index (χ0) is 17.6. The van der Waals surface area contributed by atoms with Crippen LogP contribution < -0.4 is 16.0 Å². The summed E-state index contributed by atoms with van der Waals surface area (Å²) < 4.78 is 6.73. The lowest BCUT2D eigenvalue weighted by Gasteiger charge is -2.17. The molecule has 0 aliphatic carbocycles. The number of ether oxygens (including phenoxy) is 1. The summed E-state index contributed by atoms with van der Waals surface area (Å²) in [7, 11) is 5.18. The SMILES string of the molecule is C=CN(C)c1c(NC)nc(N)n2nc(/C(=C/C)OC)nc12.CC. The van der Waals surface area contributed by atoms with Crippen LogP contribution in [-0.2, 0) is 4.74 Å². The first-order valence-electron chi connectivity index (χ1n) is 7.37. The van der Waals surface area contributed by atoms with E-state index in [-0.39, 0.29) is 5.95 Å². The van der Waals surface area contributed by atoms with Gasteiger partial charge in [-0.05, 0) is 19.2 Å². The van der Waals surface area contributed by atoms with Crippen LogP contribution in [0, 0.1) is 0 Å². The fourth-order valence-electron chi connectivity index (χ4n) is 1.98. The minimum Gasteiger partial charge on any atom is -0.493 e. The number of fused-ring (bicyclic) bond motifs is 1. The highest BCUT2D eigenvalue weighted by molar-refractivity contribution is 5.83. The first-order chi connectivity index (χ1) is 11.1. The van der Waals surface area contributed by atoms with Crippen LogP contribution in [0.5, 0.6) is 0 Å². The van der Waals surface area contributed by atoms with Crippen LogP contribution in [0.25, 0.3) is 11.4 Å². The molecule has 0 spiro atoms. The smallest absolute Gasteiger partial charge is 0.225 e. The van der Waals surface area contributed by atoms with Crippen molar-refractivity contribution in [1.29, 1.82) is 0 Å². The fraction of sp³-hybridized carbons (Fsp3) is 0.400. The molecule has 0 atom stereocenters. The molecule has 2 aromatic rings. The molecular formula is C15H25N7O. The maximum Gasteiger partial charge on any atom is 0.225 e. The molecule has 0 aliphatic rings. The number of nitrogen functional groups attached to an aromatic ring is 1. The number of hydrogen-bond acceptors (Lipinski definition) is 7. The Labute approximate surface area is 136 Å². The molecule has 126 valence electrons. The van der Waals surface area contributed by atoms with Crippen molar-refractivity contribution < 1.29 is 4.74 Å². The average molecular weight is 319 g/mol. The number of allylic oxidation sites excluding steroid dienone is 1. The van der Waals surface area contributed by atoms with E-state index in [2.05, 4.69) is 27.0 Å². The largest absolute Gasteiger partial charge is 0.493 e. The highest BCUT2D eigenvalue weighted by Crippen LogP contribution is 2.30. The first kappa shape index (κ1) is 18.3. The molecule has 0 bridgehead atoms. The Hall–Kier alpha value is -2.77. The summed E-state index contributed by atoms with van der Waals surface area (Å²) in [6.07, 6.45) is 3.45. The van der Waals surface area contributed by atoms with Gasteiger partial charge in [0.25, 0.3) is 0 Å². The predicted molar refractivity (Wildman–Crippen MR) is 95.3 cm³/mol. The van der Waals surface area contributed by atoms with Crippen LogP contribution in [-0.4, -0.2) is 40.8 Å². The maximum atomic E-state index is 5.94. The predicted octanol–water partition coefficient (Wildman–Crippen LogP) is 2.36. The fourth-order valence-corrected chi connectivity index (χ4v) is 1.98. The van der Waals surface area contributed by atoms with Gasteiger partial charge in [0.05, 0.1) is 7.11 Å². The molecule has 0 aromatic carbocycles. The van der Waals surface area contributed by atoms with Crippen molar-refractivity contribution in [2.24, 2.45) is 0 Å². The number of nitrogens with zero attached hydrogens (tertiary/aromatic N) is 5. The van der Waals surface area contributed by atoms with Crippen LogP contribution in [0.1, 0.15) is 26.6 Å². The van der Waals surface area contributed by atoms with Gasteiger partial charge in [-0.1, -0.05) is 20.4 Å². The van der Waals surface area contributed by atoms with Gasteiger partial charge >= 0.3 is 0 Å². The van der Waals surface area contributed by atoms with Gasteiger partial charge in [0.15, 0.2) is 17.2 Å². The van der Waals surface area contributed by atoms with Crippen LogP contribution >= 0.6 is 0 Å². The van der Waals surface area contributed by atoms with E-state index in [1.807, 2.05) is 27.8 Å². The third kappa shape index (κ3) is 3.36. The molecule has 2 heterocycles. The second-order valence-corrected chi connectivity index (χ2v) is 4.24. The number of methoxy groups -OCH3 is 1. The molecule has 23 heavy (non-hydrogen) atoms. The molecule has 0 saturated carbocycles. The van der Waals surface area contributed by atoms with Crippen molar-refractivity contribution in [1.82, 2.24) is 19.6 Å². The zero-order valence-electron chi connectivity index (χ0n) is 14.6. The van der Waals surface area contributed by atoms with Crippen molar-refractivity contribution in [3.8, 4) is 0 Å². The van der Waals surface area contributed by atoms with Crippen molar-refractivity contribution in [2.75, 3.05) is 37.2 Å². The molecule has 8 nitrogen and oxygen atoms in total. The van der Waals surface area contributed by atoms with Gasteiger partial charge in [-0.3, -0.25) is 0 Å². The van der Waals surface area contributed by atoms with Crippen molar-refractivity contribution in [3.05, 3.63) is 24.7 Å². The molecule has 0 amide bonds. The summed E-state index contributed by atoms with van der Waals surface area (Å²) in [6.45, 7) is 9.61. The normalized spacial score (nSPS) is 10.8. The van der Waals surface area contributed by atoms with E-state index >= 15 is 0 Å². The molecule has 2 aromatic heterocycles. The summed E-state index contributed by atoms with van der Waals surface area (Å²) in [5.41, 5.74) is 7.24. The first-order valence-corrected chi connectivity index (χ1v) is 7.37. The topological polar surface area (TPSA) is 93.6 Å². The Bertz CT molecular complexity index is 705. The van der Waals surface area contributed by atoms with Crippen LogP contribution in [0.3, 0.4) is 0 Å². The lowest BCUT2D eigenvalue weighted by atomic mass is 10.4. The van der Waals surface area contributed by atoms with E-state index in [0.29, 0.717) is 23.0 Å². The van der Waals surface area contributed by atoms with Crippen LogP contribution in [0.2, 0.25) is 0 Å². The molecule has 0 unspecified atom stereocenters.